The van der Waals surface area contributed by atoms with Gasteiger partial charge in [0.2, 0.25) is 11.8 Å². The SMILES string of the molecule is Cc1noc(C)c1CCC(=O)N1CC(Oc2ncccc2C#N)C1. The van der Waals surface area contributed by atoms with Crippen molar-refractivity contribution < 1.29 is 14.1 Å². The average molecular weight is 326 g/mol. The Morgan fingerprint density at radius 1 is 1.50 bits per heavy atom. The number of hydrogen-bond acceptors (Lipinski definition) is 6. The molecule has 1 aliphatic heterocycles. The molecule has 7 nitrogen and oxygen atoms in total. The van der Waals surface area contributed by atoms with E-state index in [9.17, 15) is 4.79 Å². The van der Waals surface area contributed by atoms with Crippen molar-refractivity contribution in [2.75, 3.05) is 13.1 Å². The molecule has 2 aromatic heterocycles. The van der Waals surface area contributed by atoms with Crippen molar-refractivity contribution >= 4 is 5.91 Å². The van der Waals surface area contributed by atoms with Gasteiger partial charge in [-0.25, -0.2) is 4.98 Å². The Balaban J connectivity index is 1.48. The number of carbonyl (C=O) groups is 1. The lowest BCUT2D eigenvalue weighted by atomic mass is 10.1. The van der Waals surface area contributed by atoms with Crippen molar-refractivity contribution in [2.24, 2.45) is 0 Å². The fourth-order valence-corrected chi connectivity index (χ4v) is 2.69. The molecule has 0 aromatic carbocycles. The second-order valence-electron chi connectivity index (χ2n) is 5.81. The highest BCUT2D eigenvalue weighted by atomic mass is 16.5. The minimum Gasteiger partial charge on any atom is -0.470 e. The second kappa shape index (κ2) is 6.71. The van der Waals surface area contributed by atoms with E-state index in [4.69, 9.17) is 14.5 Å². The molecule has 0 unspecified atom stereocenters. The largest absolute Gasteiger partial charge is 0.470 e. The van der Waals surface area contributed by atoms with Crippen molar-refractivity contribution in [3.8, 4) is 11.9 Å². The number of rotatable bonds is 5. The number of hydrogen-bond donors (Lipinski definition) is 0. The van der Waals surface area contributed by atoms with E-state index >= 15 is 0 Å². The summed E-state index contributed by atoms with van der Waals surface area (Å²) >= 11 is 0. The molecule has 7 heteroatoms. The molecule has 0 spiro atoms. The third-order valence-electron chi connectivity index (χ3n) is 4.14. The maximum atomic E-state index is 12.2. The second-order valence-corrected chi connectivity index (χ2v) is 5.81. The lowest BCUT2D eigenvalue weighted by Gasteiger charge is -2.38. The van der Waals surface area contributed by atoms with E-state index < -0.39 is 0 Å². The van der Waals surface area contributed by atoms with Crippen LogP contribution in [0.3, 0.4) is 0 Å². The van der Waals surface area contributed by atoms with Crippen molar-refractivity contribution in [2.45, 2.75) is 32.8 Å². The average Bonchev–Trinajstić information content (AvgIpc) is 2.87. The number of ether oxygens (including phenoxy) is 1. The van der Waals surface area contributed by atoms with Gasteiger partial charge in [-0.05, 0) is 32.4 Å². The molecule has 1 aliphatic rings. The van der Waals surface area contributed by atoms with Crippen LogP contribution in [0.2, 0.25) is 0 Å². The molecule has 1 amide bonds. The van der Waals surface area contributed by atoms with Crippen LogP contribution in [0, 0.1) is 25.2 Å². The smallest absolute Gasteiger partial charge is 0.232 e. The first-order valence-corrected chi connectivity index (χ1v) is 7.79. The van der Waals surface area contributed by atoms with Gasteiger partial charge in [-0.2, -0.15) is 5.26 Å². The Labute approximate surface area is 139 Å². The summed E-state index contributed by atoms with van der Waals surface area (Å²) < 4.78 is 10.8. The first-order chi connectivity index (χ1) is 11.6. The van der Waals surface area contributed by atoms with Crippen molar-refractivity contribution in [3.63, 3.8) is 0 Å². The summed E-state index contributed by atoms with van der Waals surface area (Å²) in [6.45, 7) is 4.76. The number of aromatic nitrogens is 2. The zero-order valence-electron chi connectivity index (χ0n) is 13.7. The molecule has 0 radical (unpaired) electrons. The number of amides is 1. The van der Waals surface area contributed by atoms with Crippen LogP contribution in [-0.2, 0) is 11.2 Å². The Morgan fingerprint density at radius 3 is 2.96 bits per heavy atom. The Bertz CT molecular complexity index is 768. The van der Waals surface area contributed by atoms with Gasteiger partial charge in [-0.3, -0.25) is 4.79 Å². The summed E-state index contributed by atoms with van der Waals surface area (Å²) in [5.41, 5.74) is 2.24. The fourth-order valence-electron chi connectivity index (χ4n) is 2.69. The molecular formula is C17H18N4O3. The van der Waals surface area contributed by atoms with Crippen LogP contribution >= 0.6 is 0 Å². The molecule has 3 heterocycles. The number of pyridine rings is 1. The molecule has 124 valence electrons. The van der Waals surface area contributed by atoms with E-state index in [1.54, 1.807) is 23.2 Å². The van der Waals surface area contributed by atoms with Crippen LogP contribution in [-0.4, -0.2) is 40.1 Å². The highest BCUT2D eigenvalue weighted by molar-refractivity contribution is 5.77. The molecule has 1 fully saturated rings. The zero-order valence-corrected chi connectivity index (χ0v) is 13.7. The summed E-state index contributed by atoms with van der Waals surface area (Å²) in [6, 6.07) is 5.40. The number of nitrogens with zero attached hydrogens (tertiary/aromatic N) is 4. The van der Waals surface area contributed by atoms with E-state index in [-0.39, 0.29) is 12.0 Å². The van der Waals surface area contributed by atoms with E-state index in [0.717, 1.165) is 17.0 Å². The zero-order chi connectivity index (χ0) is 17.1. The fraction of sp³-hybridized carbons (Fsp3) is 0.412. The number of nitriles is 1. The minimum atomic E-state index is -0.116. The van der Waals surface area contributed by atoms with Gasteiger partial charge < -0.3 is 14.2 Å². The molecule has 1 saturated heterocycles. The van der Waals surface area contributed by atoms with Crippen LogP contribution in [0.15, 0.2) is 22.9 Å². The predicted molar refractivity (Wildman–Crippen MR) is 84.2 cm³/mol. The van der Waals surface area contributed by atoms with Crippen LogP contribution in [0.4, 0.5) is 0 Å². The molecule has 0 saturated carbocycles. The summed E-state index contributed by atoms with van der Waals surface area (Å²) in [7, 11) is 0. The highest BCUT2D eigenvalue weighted by Crippen LogP contribution is 2.21. The number of aryl methyl sites for hydroxylation is 2. The lowest BCUT2D eigenvalue weighted by Crippen LogP contribution is -2.56. The Kier molecular flexibility index (Phi) is 4.47. The van der Waals surface area contributed by atoms with Gasteiger partial charge in [0, 0.05) is 18.2 Å². The molecule has 2 aromatic rings. The standard InChI is InChI=1S/C17H18N4O3/c1-11-15(12(2)24-20-11)5-6-16(22)21-9-14(10-21)23-17-13(8-18)4-3-7-19-17/h3-4,7,14H,5-6,9-10H2,1-2H3. The monoisotopic (exact) mass is 326 g/mol. The first kappa shape index (κ1) is 16.0. The molecular weight excluding hydrogens is 308 g/mol. The third-order valence-corrected chi connectivity index (χ3v) is 4.14. The van der Waals surface area contributed by atoms with Crippen LogP contribution in [0.5, 0.6) is 5.88 Å². The molecule has 3 rings (SSSR count). The summed E-state index contributed by atoms with van der Waals surface area (Å²) in [6.07, 6.45) is 2.51. The lowest BCUT2D eigenvalue weighted by molar-refractivity contribution is -0.140. The van der Waals surface area contributed by atoms with E-state index in [2.05, 4.69) is 10.1 Å². The number of likely N-dealkylation sites (tertiary alicyclic amines) is 1. The van der Waals surface area contributed by atoms with Gasteiger partial charge in [0.05, 0.1) is 18.8 Å². The van der Waals surface area contributed by atoms with Gasteiger partial charge in [0.15, 0.2) is 0 Å². The van der Waals surface area contributed by atoms with Crippen LogP contribution in [0.1, 0.15) is 29.0 Å². The Hall–Kier alpha value is -2.88. The Morgan fingerprint density at radius 2 is 2.29 bits per heavy atom. The summed E-state index contributed by atoms with van der Waals surface area (Å²) in [4.78, 5) is 18.0. The quantitative estimate of drug-likeness (QED) is 0.831. The first-order valence-electron chi connectivity index (χ1n) is 7.79. The van der Waals surface area contributed by atoms with Gasteiger partial charge in [-0.15, -0.1) is 0 Å². The molecule has 0 N–H and O–H groups in total. The third kappa shape index (κ3) is 3.23. The number of carbonyl (C=O) groups excluding carboxylic acids is 1. The topological polar surface area (TPSA) is 92.2 Å². The van der Waals surface area contributed by atoms with Crippen molar-refractivity contribution in [3.05, 3.63) is 40.9 Å². The van der Waals surface area contributed by atoms with Crippen LogP contribution < -0.4 is 4.74 Å². The molecule has 24 heavy (non-hydrogen) atoms. The van der Waals surface area contributed by atoms with Gasteiger partial charge in [0.25, 0.3) is 0 Å². The minimum absolute atomic E-state index is 0.0800. The van der Waals surface area contributed by atoms with Crippen molar-refractivity contribution in [1.29, 1.82) is 5.26 Å². The summed E-state index contributed by atoms with van der Waals surface area (Å²) in [5, 5.41) is 12.9. The van der Waals surface area contributed by atoms with E-state index in [1.807, 2.05) is 19.9 Å². The van der Waals surface area contributed by atoms with Crippen LogP contribution in [0.25, 0.3) is 0 Å². The van der Waals surface area contributed by atoms with Crippen molar-refractivity contribution in [1.82, 2.24) is 15.0 Å². The van der Waals surface area contributed by atoms with Gasteiger partial charge in [0.1, 0.15) is 23.5 Å². The maximum Gasteiger partial charge on any atom is 0.232 e. The normalized spacial score (nSPS) is 14.1. The maximum absolute atomic E-state index is 12.2. The summed E-state index contributed by atoms with van der Waals surface area (Å²) in [5.74, 6) is 1.17. The van der Waals surface area contributed by atoms with Gasteiger partial charge in [-0.1, -0.05) is 5.16 Å². The van der Waals surface area contributed by atoms with Gasteiger partial charge >= 0.3 is 0 Å². The van der Waals surface area contributed by atoms with E-state index in [0.29, 0.717) is 37.4 Å². The highest BCUT2D eigenvalue weighted by Gasteiger charge is 2.32. The predicted octanol–water partition coefficient (Wildman–Crippen LogP) is 1.78. The molecule has 0 aliphatic carbocycles. The molecule has 0 atom stereocenters. The van der Waals surface area contributed by atoms with E-state index in [1.165, 1.54) is 0 Å². The molecule has 0 bridgehead atoms.